The first-order valence-electron chi connectivity index (χ1n) is 5.25. The molecule has 0 unspecified atom stereocenters. The Morgan fingerprint density at radius 1 is 1.31 bits per heavy atom. The van der Waals surface area contributed by atoms with Crippen molar-refractivity contribution in [2.24, 2.45) is 0 Å². The van der Waals surface area contributed by atoms with Crippen molar-refractivity contribution >= 4 is 17.6 Å². The fraction of sp³-hybridized carbons (Fsp3) is 0.455. The van der Waals surface area contributed by atoms with E-state index in [9.17, 15) is 4.79 Å². The van der Waals surface area contributed by atoms with Crippen LogP contribution >= 0.6 is 11.6 Å². The number of nitrogens with zero attached hydrogens (tertiary/aromatic N) is 1. The monoisotopic (exact) mass is 242 g/mol. The van der Waals surface area contributed by atoms with Crippen molar-refractivity contribution in [3.63, 3.8) is 0 Å². The molecule has 5 heteroatoms. The van der Waals surface area contributed by atoms with E-state index in [1.165, 1.54) is 50.7 Å². The summed E-state index contributed by atoms with van der Waals surface area (Å²) in [6.07, 6.45) is 5.43. The highest BCUT2D eigenvalue weighted by atomic mass is 35.5. The number of carbonyl (C=O) groups is 1. The molecule has 0 atom stereocenters. The average Bonchev–Trinajstić information content (AvgIpc) is 2.32. The molecule has 2 N–H and O–H groups in total. The lowest BCUT2D eigenvalue weighted by molar-refractivity contribution is 0.0696. The Hall–Kier alpha value is -1.13. The molecule has 16 heavy (non-hydrogen) atoms. The number of halogens is 1. The van der Waals surface area contributed by atoms with E-state index >= 15 is 0 Å². The number of aromatic nitrogens is 1. The molecule has 0 spiro atoms. The Bertz CT molecular complexity index is 312. The van der Waals surface area contributed by atoms with Gasteiger partial charge >= 0.3 is 5.97 Å². The minimum absolute atomic E-state index is 0.143. The largest absolute Gasteiger partial charge is 0.478 e. The number of aromatic carboxylic acids is 1. The summed E-state index contributed by atoms with van der Waals surface area (Å²) in [7, 11) is 0. The molecule has 88 valence electrons. The zero-order valence-corrected chi connectivity index (χ0v) is 9.70. The maximum Gasteiger partial charge on any atom is 0.337 e. The van der Waals surface area contributed by atoms with E-state index in [2.05, 4.69) is 10.3 Å². The van der Waals surface area contributed by atoms with Crippen LogP contribution in [-0.2, 0) is 0 Å². The zero-order chi connectivity index (χ0) is 11.8. The maximum atomic E-state index is 10.2. The van der Waals surface area contributed by atoms with Crippen LogP contribution in [-0.4, -0.2) is 29.1 Å². The molecule has 0 aromatic carbocycles. The first kappa shape index (κ1) is 12.9. The van der Waals surface area contributed by atoms with Crippen LogP contribution in [0.25, 0.3) is 0 Å². The van der Waals surface area contributed by atoms with Gasteiger partial charge in [0, 0.05) is 6.20 Å². The second kappa shape index (κ2) is 7.19. The van der Waals surface area contributed by atoms with Gasteiger partial charge in [0.15, 0.2) is 0 Å². The highest BCUT2D eigenvalue weighted by Crippen LogP contribution is 2.04. The second-order valence-electron chi connectivity index (χ2n) is 3.49. The van der Waals surface area contributed by atoms with Crippen molar-refractivity contribution in [3.05, 3.63) is 29.0 Å². The first-order chi connectivity index (χ1) is 7.70. The van der Waals surface area contributed by atoms with Gasteiger partial charge in [-0.15, -0.1) is 0 Å². The standard InChI is InChI=1S/C6H4ClNO2.C5H11N/c7-5-2-1-4(3-8-5)6(9)10;1-2-4-6-5-3-1/h1-3H,(H,9,10);6H,1-5H2. The average molecular weight is 243 g/mol. The molecule has 1 aromatic heterocycles. The third-order valence-corrected chi connectivity index (χ3v) is 2.41. The summed E-state index contributed by atoms with van der Waals surface area (Å²) in [5.41, 5.74) is 0.143. The lowest BCUT2D eigenvalue weighted by atomic mass is 10.2. The van der Waals surface area contributed by atoms with Crippen LogP contribution in [0.4, 0.5) is 0 Å². The molecule has 1 saturated heterocycles. The van der Waals surface area contributed by atoms with Crippen LogP contribution in [0.3, 0.4) is 0 Å². The molecule has 0 aliphatic carbocycles. The third-order valence-electron chi connectivity index (χ3n) is 2.18. The highest BCUT2D eigenvalue weighted by Gasteiger charge is 2.00. The highest BCUT2D eigenvalue weighted by molar-refractivity contribution is 6.29. The van der Waals surface area contributed by atoms with Crippen molar-refractivity contribution in [2.45, 2.75) is 19.3 Å². The van der Waals surface area contributed by atoms with Crippen LogP contribution in [0, 0.1) is 0 Å². The number of piperidine rings is 1. The van der Waals surface area contributed by atoms with Crippen LogP contribution in [0.15, 0.2) is 18.3 Å². The summed E-state index contributed by atoms with van der Waals surface area (Å²) >= 11 is 5.41. The minimum atomic E-state index is -0.996. The van der Waals surface area contributed by atoms with E-state index < -0.39 is 5.97 Å². The van der Waals surface area contributed by atoms with Gasteiger partial charge in [0.1, 0.15) is 5.15 Å². The lowest BCUT2D eigenvalue weighted by Crippen LogP contribution is -2.21. The van der Waals surface area contributed by atoms with Crippen LogP contribution < -0.4 is 5.32 Å². The molecule has 0 bridgehead atoms. The van der Waals surface area contributed by atoms with Gasteiger partial charge in [-0.3, -0.25) is 0 Å². The normalized spacial score (nSPS) is 14.8. The summed E-state index contributed by atoms with van der Waals surface area (Å²) in [6.45, 7) is 2.50. The third kappa shape index (κ3) is 5.09. The van der Waals surface area contributed by atoms with Gasteiger partial charge in [0.2, 0.25) is 0 Å². The van der Waals surface area contributed by atoms with E-state index in [0.717, 1.165) is 0 Å². The maximum absolute atomic E-state index is 10.2. The van der Waals surface area contributed by atoms with E-state index in [1.807, 2.05) is 0 Å². The smallest absolute Gasteiger partial charge is 0.337 e. The molecular formula is C11H15ClN2O2. The fourth-order valence-corrected chi connectivity index (χ4v) is 1.42. The Morgan fingerprint density at radius 2 is 2.00 bits per heavy atom. The van der Waals surface area contributed by atoms with Gasteiger partial charge in [-0.1, -0.05) is 18.0 Å². The molecule has 1 aromatic rings. The van der Waals surface area contributed by atoms with E-state index in [0.29, 0.717) is 5.15 Å². The predicted molar refractivity (Wildman–Crippen MR) is 62.9 cm³/mol. The quantitative estimate of drug-likeness (QED) is 0.741. The number of rotatable bonds is 1. The van der Waals surface area contributed by atoms with Crippen molar-refractivity contribution in [1.82, 2.24) is 10.3 Å². The Kier molecular flexibility index (Phi) is 5.82. The first-order valence-corrected chi connectivity index (χ1v) is 5.63. The number of pyridine rings is 1. The van der Waals surface area contributed by atoms with Gasteiger partial charge in [-0.25, -0.2) is 9.78 Å². The number of nitrogens with one attached hydrogen (secondary N) is 1. The number of carboxylic acid groups (broad SMARTS) is 1. The van der Waals surface area contributed by atoms with Crippen LogP contribution in [0.1, 0.15) is 29.6 Å². The van der Waals surface area contributed by atoms with Crippen molar-refractivity contribution in [3.8, 4) is 0 Å². The topological polar surface area (TPSA) is 62.2 Å². The van der Waals surface area contributed by atoms with Crippen LogP contribution in [0.2, 0.25) is 5.15 Å². The number of hydrogen-bond acceptors (Lipinski definition) is 3. The Labute approximate surface area is 99.6 Å². The van der Waals surface area contributed by atoms with Gasteiger partial charge in [0.25, 0.3) is 0 Å². The zero-order valence-electron chi connectivity index (χ0n) is 8.95. The second-order valence-corrected chi connectivity index (χ2v) is 3.87. The molecule has 2 heterocycles. The molecule has 1 fully saturated rings. The Morgan fingerprint density at radius 3 is 2.31 bits per heavy atom. The molecule has 0 amide bonds. The van der Waals surface area contributed by atoms with Gasteiger partial charge in [-0.05, 0) is 38.1 Å². The molecule has 0 saturated carbocycles. The van der Waals surface area contributed by atoms with E-state index in [1.54, 1.807) is 0 Å². The van der Waals surface area contributed by atoms with Crippen molar-refractivity contribution in [2.75, 3.05) is 13.1 Å². The number of hydrogen-bond donors (Lipinski definition) is 2. The molecule has 0 radical (unpaired) electrons. The van der Waals surface area contributed by atoms with E-state index in [4.69, 9.17) is 16.7 Å². The van der Waals surface area contributed by atoms with Gasteiger partial charge < -0.3 is 10.4 Å². The molecule has 1 aliphatic rings. The Balaban J connectivity index is 0.000000181. The summed E-state index contributed by atoms with van der Waals surface area (Å²) in [4.78, 5) is 13.8. The van der Waals surface area contributed by atoms with E-state index in [-0.39, 0.29) is 5.56 Å². The SMILES string of the molecule is C1CCNCC1.O=C(O)c1ccc(Cl)nc1. The van der Waals surface area contributed by atoms with Gasteiger partial charge in [-0.2, -0.15) is 0 Å². The fourth-order valence-electron chi connectivity index (χ4n) is 1.30. The van der Waals surface area contributed by atoms with Gasteiger partial charge in [0.05, 0.1) is 5.56 Å². The predicted octanol–water partition coefficient (Wildman–Crippen LogP) is 2.19. The molecule has 2 rings (SSSR count). The summed E-state index contributed by atoms with van der Waals surface area (Å²) in [5.74, 6) is -0.996. The summed E-state index contributed by atoms with van der Waals surface area (Å²) in [6, 6.07) is 2.84. The van der Waals surface area contributed by atoms with Crippen LogP contribution in [0.5, 0.6) is 0 Å². The number of carboxylic acids is 1. The summed E-state index contributed by atoms with van der Waals surface area (Å²) < 4.78 is 0. The van der Waals surface area contributed by atoms with Crippen molar-refractivity contribution < 1.29 is 9.90 Å². The molecule has 4 nitrogen and oxygen atoms in total. The minimum Gasteiger partial charge on any atom is -0.478 e. The lowest BCUT2D eigenvalue weighted by Gasteiger charge is -2.08. The molecule has 1 aliphatic heterocycles. The molecular weight excluding hydrogens is 228 g/mol. The van der Waals surface area contributed by atoms with Crippen molar-refractivity contribution in [1.29, 1.82) is 0 Å². The summed E-state index contributed by atoms with van der Waals surface area (Å²) in [5, 5.41) is 12.0.